The van der Waals surface area contributed by atoms with Crippen LogP contribution in [0.3, 0.4) is 0 Å². The van der Waals surface area contributed by atoms with Crippen molar-refractivity contribution in [2.45, 2.75) is 26.3 Å². The number of nitrogens with zero attached hydrogens (tertiary/aromatic N) is 2. The van der Waals surface area contributed by atoms with Crippen LogP contribution in [0.25, 0.3) is 0 Å². The molecule has 0 radical (unpaired) electrons. The number of nitrogens with one attached hydrogen (secondary N) is 1. The second-order valence-electron chi connectivity index (χ2n) is 5.27. The zero-order valence-corrected chi connectivity index (χ0v) is 13.0. The van der Waals surface area contributed by atoms with Gasteiger partial charge in [-0.15, -0.1) is 0 Å². The van der Waals surface area contributed by atoms with Gasteiger partial charge in [0, 0.05) is 25.2 Å². The van der Waals surface area contributed by atoms with Gasteiger partial charge in [-0.05, 0) is 24.1 Å². The summed E-state index contributed by atoms with van der Waals surface area (Å²) in [4.78, 5) is 18.1. The molecule has 2 rings (SSSR count). The van der Waals surface area contributed by atoms with Crippen molar-refractivity contribution < 1.29 is 9.53 Å². The number of nitrogens with two attached hydrogens (primary N) is 1. The van der Waals surface area contributed by atoms with Crippen LogP contribution in [0.2, 0.25) is 0 Å². The van der Waals surface area contributed by atoms with Crippen molar-refractivity contribution in [3.63, 3.8) is 0 Å². The number of hydrogen-bond donors (Lipinski definition) is 2. The topological polar surface area (TPSA) is 80.0 Å². The molecule has 120 valence electrons. The van der Waals surface area contributed by atoms with Crippen molar-refractivity contribution >= 4 is 17.6 Å². The van der Waals surface area contributed by atoms with Gasteiger partial charge < -0.3 is 20.7 Å². The maximum atomic E-state index is 11.6. The highest BCUT2D eigenvalue weighted by atomic mass is 16.5. The summed E-state index contributed by atoms with van der Waals surface area (Å²) in [6.07, 6.45) is 1.37. The van der Waals surface area contributed by atoms with Crippen molar-refractivity contribution in [2.75, 3.05) is 31.6 Å². The number of carbonyl (C=O) groups excluding carboxylic acids is 1. The summed E-state index contributed by atoms with van der Waals surface area (Å²) in [7, 11) is 0. The molecule has 0 aliphatic carbocycles. The van der Waals surface area contributed by atoms with Gasteiger partial charge in [-0.25, -0.2) is 4.99 Å². The van der Waals surface area contributed by atoms with Gasteiger partial charge in [-0.3, -0.25) is 4.79 Å². The monoisotopic (exact) mass is 304 g/mol. The molecule has 1 fully saturated rings. The molecule has 0 aromatic heterocycles. The number of morpholine rings is 1. The Labute approximate surface area is 131 Å². The summed E-state index contributed by atoms with van der Waals surface area (Å²) < 4.78 is 5.29. The zero-order valence-electron chi connectivity index (χ0n) is 13.0. The SMILES string of the molecule is CCCC(=O)Nc1cccc(CN=C(N)N2CCOCC2)c1. The predicted octanol–water partition coefficient (Wildman–Crippen LogP) is 1.57. The average molecular weight is 304 g/mol. The highest BCUT2D eigenvalue weighted by molar-refractivity contribution is 5.90. The molecule has 1 heterocycles. The Morgan fingerprint density at radius 1 is 1.41 bits per heavy atom. The van der Waals surface area contributed by atoms with E-state index < -0.39 is 0 Å². The van der Waals surface area contributed by atoms with Gasteiger partial charge in [0.2, 0.25) is 5.91 Å². The van der Waals surface area contributed by atoms with Gasteiger partial charge in [0.25, 0.3) is 0 Å². The Bertz CT molecular complexity index is 525. The molecule has 1 amide bonds. The van der Waals surface area contributed by atoms with Gasteiger partial charge in [0.15, 0.2) is 5.96 Å². The lowest BCUT2D eigenvalue weighted by atomic mass is 10.2. The fourth-order valence-electron chi connectivity index (χ4n) is 2.26. The number of anilines is 1. The zero-order chi connectivity index (χ0) is 15.8. The van der Waals surface area contributed by atoms with Crippen LogP contribution in [0, 0.1) is 0 Å². The third-order valence-electron chi connectivity index (χ3n) is 3.45. The number of guanidine groups is 1. The van der Waals surface area contributed by atoms with Crippen LogP contribution < -0.4 is 11.1 Å². The van der Waals surface area contributed by atoms with Crippen LogP contribution in [0.1, 0.15) is 25.3 Å². The van der Waals surface area contributed by atoms with Crippen molar-refractivity contribution in [3.8, 4) is 0 Å². The van der Waals surface area contributed by atoms with E-state index in [9.17, 15) is 4.79 Å². The Kier molecular flexibility index (Phi) is 6.21. The quantitative estimate of drug-likeness (QED) is 0.639. The number of rotatable bonds is 5. The van der Waals surface area contributed by atoms with Crippen LogP contribution in [-0.2, 0) is 16.1 Å². The summed E-state index contributed by atoms with van der Waals surface area (Å²) in [6.45, 7) is 5.43. The second-order valence-corrected chi connectivity index (χ2v) is 5.27. The minimum Gasteiger partial charge on any atom is -0.378 e. The minimum absolute atomic E-state index is 0.0379. The molecule has 3 N–H and O–H groups in total. The molecule has 6 nitrogen and oxygen atoms in total. The Morgan fingerprint density at radius 3 is 2.91 bits per heavy atom. The Balaban J connectivity index is 1.93. The van der Waals surface area contributed by atoms with Crippen LogP contribution in [0.5, 0.6) is 0 Å². The fourth-order valence-corrected chi connectivity index (χ4v) is 2.26. The number of benzene rings is 1. The number of carbonyl (C=O) groups is 1. The van der Waals surface area contributed by atoms with E-state index in [2.05, 4.69) is 10.3 Å². The highest BCUT2D eigenvalue weighted by Gasteiger charge is 2.11. The molecule has 1 aliphatic heterocycles. The van der Waals surface area contributed by atoms with Gasteiger partial charge in [0.05, 0.1) is 19.8 Å². The number of aliphatic imine (C=N–C) groups is 1. The molecular weight excluding hydrogens is 280 g/mol. The van der Waals surface area contributed by atoms with E-state index in [1.807, 2.05) is 36.1 Å². The van der Waals surface area contributed by atoms with E-state index in [0.29, 0.717) is 32.1 Å². The first-order chi connectivity index (χ1) is 10.7. The Hall–Kier alpha value is -2.08. The molecule has 6 heteroatoms. The second kappa shape index (κ2) is 8.38. The fraction of sp³-hybridized carbons (Fsp3) is 0.500. The molecule has 0 saturated carbocycles. The first-order valence-electron chi connectivity index (χ1n) is 7.70. The lowest BCUT2D eigenvalue weighted by Gasteiger charge is -2.27. The van der Waals surface area contributed by atoms with Crippen LogP contribution in [0.4, 0.5) is 5.69 Å². The number of amides is 1. The van der Waals surface area contributed by atoms with Gasteiger partial charge >= 0.3 is 0 Å². The van der Waals surface area contributed by atoms with Crippen molar-refractivity contribution in [2.24, 2.45) is 10.7 Å². The molecule has 0 bridgehead atoms. The first kappa shape index (κ1) is 16.3. The maximum Gasteiger partial charge on any atom is 0.224 e. The third-order valence-corrected chi connectivity index (χ3v) is 3.45. The summed E-state index contributed by atoms with van der Waals surface area (Å²) in [5, 5.41) is 2.89. The number of hydrogen-bond acceptors (Lipinski definition) is 3. The molecule has 1 aliphatic rings. The van der Waals surface area contributed by atoms with E-state index in [-0.39, 0.29) is 5.91 Å². The van der Waals surface area contributed by atoms with E-state index in [1.54, 1.807) is 0 Å². The summed E-state index contributed by atoms with van der Waals surface area (Å²) >= 11 is 0. The van der Waals surface area contributed by atoms with Gasteiger partial charge in [0.1, 0.15) is 0 Å². The lowest BCUT2D eigenvalue weighted by molar-refractivity contribution is -0.116. The standard InChI is InChI=1S/C16H24N4O2/c1-2-4-15(21)19-14-6-3-5-13(11-14)12-18-16(17)20-7-9-22-10-8-20/h3,5-6,11H,2,4,7-10,12H2,1H3,(H2,17,18)(H,19,21). The molecule has 1 aromatic carbocycles. The van der Waals surface area contributed by atoms with Crippen LogP contribution in [0.15, 0.2) is 29.3 Å². The van der Waals surface area contributed by atoms with E-state index in [0.717, 1.165) is 30.8 Å². The third kappa shape index (κ3) is 5.04. The highest BCUT2D eigenvalue weighted by Crippen LogP contribution is 2.12. The average Bonchev–Trinajstić information content (AvgIpc) is 2.54. The summed E-state index contributed by atoms with van der Waals surface area (Å²) in [5.74, 6) is 0.583. The predicted molar refractivity (Wildman–Crippen MR) is 87.7 cm³/mol. The molecule has 1 saturated heterocycles. The van der Waals surface area contributed by atoms with Gasteiger partial charge in [-0.1, -0.05) is 19.1 Å². The molecule has 0 unspecified atom stereocenters. The van der Waals surface area contributed by atoms with Crippen LogP contribution >= 0.6 is 0 Å². The number of ether oxygens (including phenoxy) is 1. The smallest absolute Gasteiger partial charge is 0.224 e. The molecule has 0 spiro atoms. The molecule has 22 heavy (non-hydrogen) atoms. The van der Waals surface area contributed by atoms with E-state index in [4.69, 9.17) is 10.5 Å². The minimum atomic E-state index is 0.0379. The summed E-state index contributed by atoms with van der Waals surface area (Å²) in [5.41, 5.74) is 7.83. The Morgan fingerprint density at radius 2 is 2.18 bits per heavy atom. The molecule has 0 atom stereocenters. The lowest BCUT2D eigenvalue weighted by Crippen LogP contribution is -2.44. The maximum absolute atomic E-state index is 11.6. The molecule has 1 aromatic rings. The normalized spacial score (nSPS) is 15.7. The first-order valence-corrected chi connectivity index (χ1v) is 7.70. The van der Waals surface area contributed by atoms with E-state index in [1.165, 1.54) is 0 Å². The van der Waals surface area contributed by atoms with E-state index >= 15 is 0 Å². The van der Waals surface area contributed by atoms with Crippen LogP contribution in [-0.4, -0.2) is 43.1 Å². The van der Waals surface area contributed by atoms with Crippen molar-refractivity contribution in [1.29, 1.82) is 0 Å². The largest absolute Gasteiger partial charge is 0.378 e. The van der Waals surface area contributed by atoms with Crippen molar-refractivity contribution in [1.82, 2.24) is 4.90 Å². The summed E-state index contributed by atoms with van der Waals surface area (Å²) in [6, 6.07) is 7.71. The van der Waals surface area contributed by atoms with Gasteiger partial charge in [-0.2, -0.15) is 0 Å². The molecular formula is C16H24N4O2. The van der Waals surface area contributed by atoms with Crippen molar-refractivity contribution in [3.05, 3.63) is 29.8 Å².